The van der Waals surface area contributed by atoms with E-state index in [0.29, 0.717) is 5.56 Å². The second-order valence-electron chi connectivity index (χ2n) is 3.75. The smallest absolute Gasteiger partial charge is 0.338 e. The first-order chi connectivity index (χ1) is 8.16. The van der Waals surface area contributed by atoms with Crippen LogP contribution in [0.2, 0.25) is 0 Å². The minimum absolute atomic E-state index is 0.0395. The summed E-state index contributed by atoms with van der Waals surface area (Å²) in [5, 5.41) is 10.4. The monoisotopic (exact) mass is 233 g/mol. The first-order valence-corrected chi connectivity index (χ1v) is 5.29. The normalized spacial score (nSPS) is 18.0. The highest BCUT2D eigenvalue weighted by atomic mass is 16.6. The maximum Gasteiger partial charge on any atom is 0.338 e. The molecule has 88 valence electrons. The van der Waals surface area contributed by atoms with E-state index in [9.17, 15) is 14.9 Å². The van der Waals surface area contributed by atoms with Gasteiger partial charge in [-0.2, -0.15) is 0 Å². The van der Waals surface area contributed by atoms with Crippen molar-refractivity contribution >= 4 is 11.7 Å². The average Bonchev–Trinajstić information content (AvgIpc) is 2.82. The lowest BCUT2D eigenvalue weighted by Crippen LogP contribution is -2.13. The van der Waals surface area contributed by atoms with E-state index >= 15 is 0 Å². The first kappa shape index (κ1) is 11.3. The minimum atomic E-state index is -0.505. The van der Waals surface area contributed by atoms with Crippen molar-refractivity contribution in [3.05, 3.63) is 52.1 Å². The predicted octanol–water partition coefficient (Wildman–Crippen LogP) is 2.47. The Bertz CT molecular complexity index is 464. The fraction of sp³-hybridized carbons (Fsp3) is 0.250. The molecule has 0 N–H and O–H groups in total. The van der Waals surface area contributed by atoms with Gasteiger partial charge in [-0.05, 0) is 31.1 Å². The maximum absolute atomic E-state index is 11.7. The lowest BCUT2D eigenvalue weighted by Gasteiger charge is -2.09. The van der Waals surface area contributed by atoms with Gasteiger partial charge in [0.1, 0.15) is 6.10 Å². The van der Waals surface area contributed by atoms with E-state index in [4.69, 9.17) is 4.74 Å². The molecule has 0 aromatic heterocycles. The van der Waals surface area contributed by atoms with Gasteiger partial charge in [0.05, 0.1) is 10.5 Å². The Labute approximate surface area is 97.9 Å². The highest BCUT2D eigenvalue weighted by molar-refractivity contribution is 5.89. The molecule has 17 heavy (non-hydrogen) atoms. The van der Waals surface area contributed by atoms with Crippen LogP contribution in [0.5, 0.6) is 0 Å². The van der Waals surface area contributed by atoms with E-state index < -0.39 is 10.9 Å². The fourth-order valence-electron chi connectivity index (χ4n) is 1.63. The number of ether oxygens (including phenoxy) is 1. The van der Waals surface area contributed by atoms with Crippen molar-refractivity contribution < 1.29 is 14.5 Å². The number of esters is 1. The number of hydrogen-bond donors (Lipinski definition) is 0. The summed E-state index contributed by atoms with van der Waals surface area (Å²) in [7, 11) is 0. The summed E-state index contributed by atoms with van der Waals surface area (Å²) in [5.41, 5.74) is 0.290. The molecular weight excluding hydrogens is 222 g/mol. The van der Waals surface area contributed by atoms with Gasteiger partial charge in [0, 0.05) is 12.1 Å². The molecule has 1 aromatic rings. The number of nitrogens with zero attached hydrogens (tertiary/aromatic N) is 1. The third kappa shape index (κ3) is 2.69. The molecule has 5 heteroatoms. The second kappa shape index (κ2) is 4.78. The number of carbonyl (C=O) groups excluding carboxylic acids is 1. The molecule has 0 spiro atoms. The van der Waals surface area contributed by atoms with Crippen LogP contribution in [0.25, 0.3) is 0 Å². The minimum Gasteiger partial charge on any atom is -0.455 e. The Morgan fingerprint density at radius 2 is 2.06 bits per heavy atom. The van der Waals surface area contributed by atoms with Gasteiger partial charge in [0.2, 0.25) is 0 Å². The lowest BCUT2D eigenvalue weighted by molar-refractivity contribution is -0.384. The van der Waals surface area contributed by atoms with E-state index in [2.05, 4.69) is 0 Å². The number of hydrogen-bond acceptors (Lipinski definition) is 4. The van der Waals surface area contributed by atoms with Crippen LogP contribution in [-0.4, -0.2) is 17.0 Å². The number of nitro benzene ring substituents is 1. The van der Waals surface area contributed by atoms with Gasteiger partial charge in [-0.1, -0.05) is 6.08 Å². The van der Waals surface area contributed by atoms with Crippen LogP contribution in [0.1, 0.15) is 23.2 Å². The summed E-state index contributed by atoms with van der Waals surface area (Å²) in [4.78, 5) is 21.6. The van der Waals surface area contributed by atoms with Gasteiger partial charge in [-0.3, -0.25) is 10.1 Å². The number of benzene rings is 1. The van der Waals surface area contributed by atoms with Crippen molar-refractivity contribution in [2.75, 3.05) is 0 Å². The highest BCUT2D eigenvalue weighted by Crippen LogP contribution is 2.17. The van der Waals surface area contributed by atoms with Crippen molar-refractivity contribution in [1.82, 2.24) is 0 Å². The van der Waals surface area contributed by atoms with Crippen LogP contribution in [-0.2, 0) is 4.74 Å². The number of non-ortho nitro benzene ring substituents is 1. The van der Waals surface area contributed by atoms with Gasteiger partial charge >= 0.3 is 5.97 Å². The summed E-state index contributed by atoms with van der Waals surface area (Å²) in [6, 6.07) is 5.39. The molecule has 1 atom stereocenters. The molecule has 0 aliphatic heterocycles. The molecular formula is C12H11NO4. The summed E-state index contributed by atoms with van der Waals surface area (Å²) in [5.74, 6) is -0.448. The molecule has 1 aromatic carbocycles. The van der Waals surface area contributed by atoms with Crippen molar-refractivity contribution in [2.24, 2.45) is 0 Å². The SMILES string of the molecule is O=C(O[C@@H]1C=CCC1)c1ccc([N+](=O)[O-])cc1. The van der Waals surface area contributed by atoms with E-state index in [1.165, 1.54) is 24.3 Å². The standard InChI is InChI=1S/C12H11NO4/c14-12(17-11-3-1-2-4-11)9-5-7-10(8-6-9)13(15)16/h1,3,5-8,11H,2,4H2/t11-/m1/s1. The molecule has 0 heterocycles. The molecule has 0 saturated heterocycles. The number of nitro groups is 1. The van der Waals surface area contributed by atoms with Gasteiger partial charge in [-0.15, -0.1) is 0 Å². The van der Waals surface area contributed by atoms with Gasteiger partial charge < -0.3 is 4.74 Å². The van der Waals surface area contributed by atoms with Crippen molar-refractivity contribution in [1.29, 1.82) is 0 Å². The molecule has 0 unspecified atom stereocenters. The lowest BCUT2D eigenvalue weighted by atomic mass is 10.2. The zero-order chi connectivity index (χ0) is 12.3. The molecule has 0 bridgehead atoms. The van der Waals surface area contributed by atoms with E-state index in [0.717, 1.165) is 12.8 Å². The Morgan fingerprint density at radius 3 is 2.59 bits per heavy atom. The third-order valence-electron chi connectivity index (χ3n) is 2.54. The molecule has 1 aliphatic rings. The largest absolute Gasteiger partial charge is 0.455 e. The molecule has 5 nitrogen and oxygen atoms in total. The summed E-state index contributed by atoms with van der Waals surface area (Å²) in [6.45, 7) is 0. The van der Waals surface area contributed by atoms with Crippen molar-refractivity contribution in [2.45, 2.75) is 18.9 Å². The topological polar surface area (TPSA) is 69.4 Å². The quantitative estimate of drug-likeness (QED) is 0.348. The van der Waals surface area contributed by atoms with Gasteiger partial charge in [-0.25, -0.2) is 4.79 Å². The Balaban J connectivity index is 2.03. The van der Waals surface area contributed by atoms with Crippen molar-refractivity contribution in [3.8, 4) is 0 Å². The highest BCUT2D eigenvalue weighted by Gasteiger charge is 2.16. The van der Waals surface area contributed by atoms with E-state index in [-0.39, 0.29) is 11.8 Å². The Morgan fingerprint density at radius 1 is 1.35 bits per heavy atom. The summed E-state index contributed by atoms with van der Waals surface area (Å²) in [6.07, 6.45) is 5.37. The van der Waals surface area contributed by atoms with Crippen LogP contribution in [0, 0.1) is 10.1 Å². The molecule has 2 rings (SSSR count). The molecule has 0 fully saturated rings. The number of carbonyl (C=O) groups is 1. The van der Waals surface area contributed by atoms with Crippen LogP contribution in [0.4, 0.5) is 5.69 Å². The molecule has 0 saturated carbocycles. The Hall–Kier alpha value is -2.17. The van der Waals surface area contributed by atoms with Crippen LogP contribution in [0.3, 0.4) is 0 Å². The fourth-order valence-corrected chi connectivity index (χ4v) is 1.63. The van der Waals surface area contributed by atoms with Gasteiger partial charge in [0.25, 0.3) is 5.69 Å². The van der Waals surface area contributed by atoms with E-state index in [1.54, 1.807) is 0 Å². The maximum atomic E-state index is 11.7. The first-order valence-electron chi connectivity index (χ1n) is 5.29. The van der Waals surface area contributed by atoms with Crippen LogP contribution < -0.4 is 0 Å². The van der Waals surface area contributed by atoms with Crippen LogP contribution >= 0.6 is 0 Å². The van der Waals surface area contributed by atoms with Crippen LogP contribution in [0.15, 0.2) is 36.4 Å². The molecule has 0 amide bonds. The Kier molecular flexibility index (Phi) is 3.18. The number of rotatable bonds is 3. The zero-order valence-electron chi connectivity index (χ0n) is 9.04. The molecule has 0 radical (unpaired) electrons. The summed E-state index contributed by atoms with van der Waals surface area (Å²) >= 11 is 0. The average molecular weight is 233 g/mol. The van der Waals surface area contributed by atoms with Gasteiger partial charge in [0.15, 0.2) is 0 Å². The summed E-state index contributed by atoms with van der Waals surface area (Å²) < 4.78 is 5.20. The van der Waals surface area contributed by atoms with Crippen molar-refractivity contribution in [3.63, 3.8) is 0 Å². The predicted molar refractivity (Wildman–Crippen MR) is 60.7 cm³/mol. The zero-order valence-corrected chi connectivity index (χ0v) is 9.04. The molecule has 1 aliphatic carbocycles. The third-order valence-corrected chi connectivity index (χ3v) is 2.54. The van der Waals surface area contributed by atoms with E-state index in [1.807, 2.05) is 12.2 Å². The number of allylic oxidation sites excluding steroid dienone is 1. The second-order valence-corrected chi connectivity index (χ2v) is 3.75.